The third-order valence-electron chi connectivity index (χ3n) is 2.87. The van der Waals surface area contributed by atoms with Crippen molar-refractivity contribution in [3.8, 4) is 6.07 Å². The number of nitrogens with zero attached hydrogens (tertiary/aromatic N) is 2. The van der Waals surface area contributed by atoms with Gasteiger partial charge in [-0.2, -0.15) is 5.26 Å². The zero-order valence-corrected chi connectivity index (χ0v) is 11.5. The van der Waals surface area contributed by atoms with Crippen LogP contribution in [0.4, 0.5) is 4.39 Å². The Morgan fingerprint density at radius 3 is 3.00 bits per heavy atom. The second-order valence-corrected chi connectivity index (χ2v) is 4.23. The van der Waals surface area contributed by atoms with E-state index in [1.54, 1.807) is 25.3 Å². The van der Waals surface area contributed by atoms with Gasteiger partial charge in [0.15, 0.2) is 0 Å². The number of esters is 1. The summed E-state index contributed by atoms with van der Waals surface area (Å²) in [5.41, 5.74) is 4.24. The number of carbonyl (C=O) groups is 1. The number of carbonyl (C=O) groups excluding carboxylic acids is 1. The number of benzene rings is 1. The molecule has 21 heavy (non-hydrogen) atoms. The quantitative estimate of drug-likeness (QED) is 0.858. The molecule has 5 nitrogen and oxygen atoms in total. The highest BCUT2D eigenvalue weighted by atomic mass is 19.1. The SMILES string of the molecule is CCOC(=O)c1cccn1NCc1ccc(F)cc1C#N. The average molecular weight is 287 g/mol. The third kappa shape index (κ3) is 3.39. The maximum absolute atomic E-state index is 13.1. The molecule has 0 atom stereocenters. The van der Waals surface area contributed by atoms with Crippen molar-refractivity contribution in [1.29, 1.82) is 5.26 Å². The first-order valence-corrected chi connectivity index (χ1v) is 6.42. The van der Waals surface area contributed by atoms with E-state index in [-0.39, 0.29) is 12.1 Å². The fourth-order valence-electron chi connectivity index (χ4n) is 1.87. The average Bonchev–Trinajstić information content (AvgIpc) is 2.94. The Morgan fingerprint density at radius 2 is 2.29 bits per heavy atom. The molecular weight excluding hydrogens is 273 g/mol. The Morgan fingerprint density at radius 1 is 1.48 bits per heavy atom. The lowest BCUT2D eigenvalue weighted by Crippen LogP contribution is -2.20. The second-order valence-electron chi connectivity index (χ2n) is 4.23. The van der Waals surface area contributed by atoms with Crippen LogP contribution in [-0.4, -0.2) is 17.3 Å². The van der Waals surface area contributed by atoms with E-state index in [1.807, 2.05) is 6.07 Å². The van der Waals surface area contributed by atoms with Crippen molar-refractivity contribution in [1.82, 2.24) is 4.68 Å². The van der Waals surface area contributed by atoms with Gasteiger partial charge in [0.2, 0.25) is 0 Å². The number of nitrogens with one attached hydrogen (secondary N) is 1. The molecule has 1 heterocycles. The van der Waals surface area contributed by atoms with Crippen molar-refractivity contribution in [2.24, 2.45) is 0 Å². The van der Waals surface area contributed by atoms with E-state index in [1.165, 1.54) is 22.9 Å². The van der Waals surface area contributed by atoms with Gasteiger partial charge in [0.25, 0.3) is 0 Å². The van der Waals surface area contributed by atoms with Crippen molar-refractivity contribution in [3.05, 3.63) is 59.2 Å². The maximum atomic E-state index is 13.1. The van der Waals surface area contributed by atoms with Crippen molar-refractivity contribution in [2.75, 3.05) is 12.0 Å². The van der Waals surface area contributed by atoms with E-state index in [0.29, 0.717) is 17.9 Å². The van der Waals surface area contributed by atoms with Crippen LogP contribution in [0.25, 0.3) is 0 Å². The fraction of sp³-hybridized carbons (Fsp3) is 0.200. The van der Waals surface area contributed by atoms with Crippen LogP contribution in [0.3, 0.4) is 0 Å². The first-order valence-electron chi connectivity index (χ1n) is 6.42. The standard InChI is InChI=1S/C15H14FN3O2/c1-2-21-15(20)14-4-3-7-19(14)18-10-11-5-6-13(16)8-12(11)9-17/h3-8,18H,2,10H2,1H3. The molecule has 0 spiro atoms. The molecule has 0 saturated carbocycles. The molecule has 1 aromatic carbocycles. The Balaban J connectivity index is 2.13. The van der Waals surface area contributed by atoms with Crippen LogP contribution in [0, 0.1) is 17.1 Å². The zero-order valence-electron chi connectivity index (χ0n) is 11.5. The van der Waals surface area contributed by atoms with E-state index in [9.17, 15) is 9.18 Å². The number of halogens is 1. The Labute approximate surface area is 121 Å². The molecule has 0 bridgehead atoms. The highest BCUT2D eigenvalue weighted by Crippen LogP contribution is 2.11. The largest absolute Gasteiger partial charge is 0.461 e. The predicted molar refractivity (Wildman–Crippen MR) is 74.6 cm³/mol. The van der Waals surface area contributed by atoms with E-state index in [0.717, 1.165) is 0 Å². The molecule has 0 saturated heterocycles. The summed E-state index contributed by atoms with van der Waals surface area (Å²) >= 11 is 0. The summed E-state index contributed by atoms with van der Waals surface area (Å²) in [6.07, 6.45) is 1.67. The predicted octanol–water partition coefficient (Wildman–Crippen LogP) is 2.42. The Kier molecular flexibility index (Phi) is 4.57. The summed E-state index contributed by atoms with van der Waals surface area (Å²) in [6, 6.07) is 9.28. The Bertz CT molecular complexity index is 688. The number of nitriles is 1. The fourth-order valence-corrected chi connectivity index (χ4v) is 1.87. The molecule has 6 heteroatoms. The van der Waals surface area contributed by atoms with Gasteiger partial charge in [-0.15, -0.1) is 0 Å². The molecule has 0 aliphatic rings. The minimum atomic E-state index is -0.455. The number of ether oxygens (including phenoxy) is 1. The van der Waals surface area contributed by atoms with Crippen LogP contribution in [0.1, 0.15) is 28.5 Å². The molecule has 0 aliphatic heterocycles. The van der Waals surface area contributed by atoms with Gasteiger partial charge in [-0.1, -0.05) is 6.07 Å². The summed E-state index contributed by atoms with van der Waals surface area (Å²) < 4.78 is 19.5. The monoisotopic (exact) mass is 287 g/mol. The molecule has 1 N–H and O–H groups in total. The summed E-state index contributed by atoms with van der Waals surface area (Å²) in [6.45, 7) is 2.31. The zero-order chi connectivity index (χ0) is 15.2. The minimum Gasteiger partial charge on any atom is -0.461 e. The van der Waals surface area contributed by atoms with Gasteiger partial charge in [-0.25, -0.2) is 9.18 Å². The number of aromatic nitrogens is 1. The lowest BCUT2D eigenvalue weighted by atomic mass is 10.1. The number of hydrogen-bond acceptors (Lipinski definition) is 4. The molecule has 2 aromatic rings. The van der Waals surface area contributed by atoms with Gasteiger partial charge in [-0.3, -0.25) is 4.68 Å². The topological polar surface area (TPSA) is 67.0 Å². The summed E-state index contributed by atoms with van der Waals surface area (Å²) in [5, 5.41) is 8.99. The normalized spacial score (nSPS) is 9.95. The molecule has 108 valence electrons. The molecule has 0 aliphatic carbocycles. The molecular formula is C15H14FN3O2. The van der Waals surface area contributed by atoms with Crippen molar-refractivity contribution in [2.45, 2.75) is 13.5 Å². The second kappa shape index (κ2) is 6.57. The van der Waals surface area contributed by atoms with Gasteiger partial charge >= 0.3 is 5.97 Å². The third-order valence-corrected chi connectivity index (χ3v) is 2.87. The van der Waals surface area contributed by atoms with E-state index >= 15 is 0 Å². The molecule has 1 aromatic heterocycles. The van der Waals surface area contributed by atoms with Crippen LogP contribution in [0.15, 0.2) is 36.5 Å². The van der Waals surface area contributed by atoms with Crippen molar-refractivity contribution < 1.29 is 13.9 Å². The highest BCUT2D eigenvalue weighted by Gasteiger charge is 2.12. The van der Waals surface area contributed by atoms with Crippen molar-refractivity contribution >= 4 is 5.97 Å². The first-order chi connectivity index (χ1) is 10.2. The van der Waals surface area contributed by atoms with Gasteiger partial charge in [0.1, 0.15) is 11.5 Å². The van der Waals surface area contributed by atoms with Crippen LogP contribution in [-0.2, 0) is 11.3 Å². The van der Waals surface area contributed by atoms with E-state index in [2.05, 4.69) is 5.43 Å². The molecule has 0 radical (unpaired) electrons. The first kappa shape index (κ1) is 14.6. The lowest BCUT2D eigenvalue weighted by Gasteiger charge is -2.12. The van der Waals surface area contributed by atoms with E-state index in [4.69, 9.17) is 10.00 Å². The molecule has 0 amide bonds. The number of rotatable bonds is 5. The number of hydrogen-bond donors (Lipinski definition) is 1. The summed E-state index contributed by atoms with van der Waals surface area (Å²) in [5.74, 6) is -0.891. The minimum absolute atomic E-state index is 0.257. The smallest absolute Gasteiger partial charge is 0.356 e. The van der Waals surface area contributed by atoms with Crippen LogP contribution < -0.4 is 5.43 Å². The maximum Gasteiger partial charge on any atom is 0.356 e. The van der Waals surface area contributed by atoms with Crippen LogP contribution >= 0.6 is 0 Å². The van der Waals surface area contributed by atoms with Gasteiger partial charge in [0.05, 0.1) is 24.8 Å². The van der Waals surface area contributed by atoms with Gasteiger partial charge in [-0.05, 0) is 36.8 Å². The molecule has 0 unspecified atom stereocenters. The molecule has 2 rings (SSSR count). The van der Waals surface area contributed by atoms with E-state index < -0.39 is 11.8 Å². The Hall–Kier alpha value is -2.81. The van der Waals surface area contributed by atoms with Gasteiger partial charge in [0, 0.05) is 6.20 Å². The van der Waals surface area contributed by atoms with Gasteiger partial charge < -0.3 is 10.2 Å². The molecule has 0 fully saturated rings. The van der Waals surface area contributed by atoms with Crippen LogP contribution in [0.5, 0.6) is 0 Å². The van der Waals surface area contributed by atoms with Crippen LogP contribution in [0.2, 0.25) is 0 Å². The lowest BCUT2D eigenvalue weighted by molar-refractivity contribution is 0.0515. The summed E-state index contributed by atoms with van der Waals surface area (Å²) in [7, 11) is 0. The highest BCUT2D eigenvalue weighted by molar-refractivity contribution is 5.87. The summed E-state index contributed by atoms with van der Waals surface area (Å²) in [4.78, 5) is 11.7. The van der Waals surface area contributed by atoms with Crippen molar-refractivity contribution in [3.63, 3.8) is 0 Å².